The van der Waals surface area contributed by atoms with Crippen molar-refractivity contribution in [3.63, 3.8) is 0 Å². The van der Waals surface area contributed by atoms with E-state index >= 15 is 0 Å². The van der Waals surface area contributed by atoms with E-state index in [1.165, 1.54) is 58.0 Å². The average molecular weight is 183 g/mol. The van der Waals surface area contributed by atoms with Crippen molar-refractivity contribution in [1.29, 1.82) is 0 Å². The summed E-state index contributed by atoms with van der Waals surface area (Å²) in [5.74, 6) is 0. The van der Waals surface area contributed by atoms with Crippen LogP contribution in [0.1, 0.15) is 58.8 Å². The Morgan fingerprint density at radius 1 is 1.15 bits per heavy atom. The van der Waals surface area contributed by atoms with E-state index in [2.05, 4.69) is 18.7 Å². The van der Waals surface area contributed by atoms with Crippen LogP contribution in [-0.4, -0.2) is 24.0 Å². The highest BCUT2D eigenvalue weighted by molar-refractivity contribution is 4.76. The van der Waals surface area contributed by atoms with Gasteiger partial charge in [0.1, 0.15) is 0 Å². The summed E-state index contributed by atoms with van der Waals surface area (Å²) in [6, 6.07) is 0.925. The van der Waals surface area contributed by atoms with Crippen molar-refractivity contribution in [3.05, 3.63) is 0 Å². The lowest BCUT2D eigenvalue weighted by Gasteiger charge is -2.35. The summed E-state index contributed by atoms with van der Waals surface area (Å²) in [6.07, 6.45) is 9.90. The summed E-state index contributed by atoms with van der Waals surface area (Å²) in [4.78, 5) is 2.72. The molecule has 1 heteroatoms. The topological polar surface area (TPSA) is 3.24 Å². The molecule has 1 fully saturated rings. The molecule has 1 aliphatic rings. The Bertz CT molecular complexity index is 120. The predicted octanol–water partition coefficient (Wildman–Crippen LogP) is 3.44. The number of rotatable bonds is 5. The Balaban J connectivity index is 2.28. The lowest BCUT2D eigenvalue weighted by Crippen LogP contribution is -2.39. The van der Waals surface area contributed by atoms with E-state index in [9.17, 15) is 0 Å². The molecule has 1 heterocycles. The first-order valence-electron chi connectivity index (χ1n) is 6.12. The maximum Gasteiger partial charge on any atom is 0.00952 e. The molecule has 0 N–H and O–H groups in total. The van der Waals surface area contributed by atoms with Gasteiger partial charge in [0.15, 0.2) is 0 Å². The second-order valence-corrected chi connectivity index (χ2v) is 4.33. The van der Waals surface area contributed by atoms with Crippen molar-refractivity contribution in [2.24, 2.45) is 0 Å². The smallest absolute Gasteiger partial charge is 0.00952 e. The lowest BCUT2D eigenvalue weighted by molar-refractivity contribution is 0.138. The highest BCUT2D eigenvalue weighted by atomic mass is 15.2. The molecule has 78 valence electrons. The van der Waals surface area contributed by atoms with E-state index in [0.717, 1.165) is 6.04 Å². The second-order valence-electron chi connectivity index (χ2n) is 4.33. The first kappa shape index (κ1) is 11.0. The summed E-state index contributed by atoms with van der Waals surface area (Å²) in [5, 5.41) is 0. The van der Waals surface area contributed by atoms with Crippen molar-refractivity contribution < 1.29 is 0 Å². The van der Waals surface area contributed by atoms with Gasteiger partial charge < -0.3 is 4.90 Å². The van der Waals surface area contributed by atoms with Crippen molar-refractivity contribution in [3.8, 4) is 0 Å². The Morgan fingerprint density at radius 2 is 2.00 bits per heavy atom. The van der Waals surface area contributed by atoms with Crippen molar-refractivity contribution in [2.45, 2.75) is 64.8 Å². The minimum Gasteiger partial charge on any atom is -0.300 e. The number of hydrogen-bond acceptors (Lipinski definition) is 1. The predicted molar refractivity (Wildman–Crippen MR) is 59.0 cm³/mol. The van der Waals surface area contributed by atoms with Crippen LogP contribution >= 0.6 is 0 Å². The van der Waals surface area contributed by atoms with Gasteiger partial charge in [-0.15, -0.1) is 0 Å². The molecule has 1 atom stereocenters. The summed E-state index contributed by atoms with van der Waals surface area (Å²) in [5.41, 5.74) is 0. The van der Waals surface area contributed by atoms with Crippen LogP contribution in [0.3, 0.4) is 0 Å². The standard InChI is InChI=1S/C12H25N/c1-3-5-8-12-9-6-7-11-13(12)10-4-2/h12H,3-11H2,1-2H3. The summed E-state index contributed by atoms with van der Waals surface area (Å²) in [6.45, 7) is 7.29. The molecule has 0 radical (unpaired) electrons. The highest BCUT2D eigenvalue weighted by Crippen LogP contribution is 2.21. The quantitative estimate of drug-likeness (QED) is 0.631. The average Bonchev–Trinajstić information content (AvgIpc) is 2.17. The van der Waals surface area contributed by atoms with Gasteiger partial charge in [-0.05, 0) is 38.8 Å². The molecule has 13 heavy (non-hydrogen) atoms. The molecule has 1 saturated heterocycles. The molecule has 1 nitrogen and oxygen atoms in total. The second kappa shape index (κ2) is 6.42. The molecular weight excluding hydrogens is 158 g/mol. The maximum atomic E-state index is 2.72. The first-order chi connectivity index (χ1) is 6.38. The van der Waals surface area contributed by atoms with Crippen molar-refractivity contribution in [2.75, 3.05) is 13.1 Å². The van der Waals surface area contributed by atoms with Gasteiger partial charge in [-0.3, -0.25) is 0 Å². The normalized spacial score (nSPS) is 24.9. The number of hydrogen-bond donors (Lipinski definition) is 0. The van der Waals surface area contributed by atoms with Crippen LogP contribution in [-0.2, 0) is 0 Å². The molecule has 0 spiro atoms. The van der Waals surface area contributed by atoms with E-state index in [0.29, 0.717) is 0 Å². The minimum absolute atomic E-state index is 0.925. The van der Waals surface area contributed by atoms with Gasteiger partial charge in [0, 0.05) is 6.04 Å². The van der Waals surface area contributed by atoms with E-state index in [1.807, 2.05) is 0 Å². The fourth-order valence-corrected chi connectivity index (χ4v) is 2.41. The van der Waals surface area contributed by atoms with Gasteiger partial charge in [-0.1, -0.05) is 33.1 Å². The first-order valence-corrected chi connectivity index (χ1v) is 6.12. The zero-order valence-corrected chi connectivity index (χ0v) is 9.39. The largest absolute Gasteiger partial charge is 0.300 e. The molecule has 0 aromatic heterocycles. The summed E-state index contributed by atoms with van der Waals surface area (Å²) in [7, 11) is 0. The van der Waals surface area contributed by atoms with Gasteiger partial charge in [0.2, 0.25) is 0 Å². The van der Waals surface area contributed by atoms with Crippen LogP contribution in [0.4, 0.5) is 0 Å². The molecule has 0 bridgehead atoms. The molecular formula is C12H25N. The fourth-order valence-electron chi connectivity index (χ4n) is 2.41. The molecule has 1 rings (SSSR count). The third-order valence-electron chi connectivity index (χ3n) is 3.15. The summed E-state index contributed by atoms with van der Waals surface area (Å²) >= 11 is 0. The van der Waals surface area contributed by atoms with Crippen LogP contribution in [0.2, 0.25) is 0 Å². The van der Waals surface area contributed by atoms with Gasteiger partial charge in [0.25, 0.3) is 0 Å². The number of unbranched alkanes of at least 4 members (excludes halogenated alkanes) is 1. The molecule has 0 aromatic rings. The van der Waals surface area contributed by atoms with E-state index < -0.39 is 0 Å². The molecule has 1 aliphatic heterocycles. The number of piperidine rings is 1. The van der Waals surface area contributed by atoms with E-state index in [1.54, 1.807) is 0 Å². The van der Waals surface area contributed by atoms with Gasteiger partial charge in [-0.25, -0.2) is 0 Å². The number of nitrogens with zero attached hydrogens (tertiary/aromatic N) is 1. The Morgan fingerprint density at radius 3 is 2.69 bits per heavy atom. The monoisotopic (exact) mass is 183 g/mol. The molecule has 0 aliphatic carbocycles. The van der Waals surface area contributed by atoms with Crippen LogP contribution in [0.5, 0.6) is 0 Å². The summed E-state index contributed by atoms with van der Waals surface area (Å²) < 4.78 is 0. The van der Waals surface area contributed by atoms with Crippen LogP contribution in [0.25, 0.3) is 0 Å². The lowest BCUT2D eigenvalue weighted by atomic mass is 9.97. The van der Waals surface area contributed by atoms with Crippen LogP contribution < -0.4 is 0 Å². The van der Waals surface area contributed by atoms with E-state index in [4.69, 9.17) is 0 Å². The third kappa shape index (κ3) is 3.68. The SMILES string of the molecule is CCCCC1CCCCN1CCC. The third-order valence-corrected chi connectivity index (χ3v) is 3.15. The maximum absolute atomic E-state index is 2.72. The number of likely N-dealkylation sites (tertiary alicyclic amines) is 1. The Labute approximate surface area is 83.5 Å². The van der Waals surface area contributed by atoms with Crippen LogP contribution in [0, 0.1) is 0 Å². The Kier molecular flexibility index (Phi) is 5.45. The molecule has 1 unspecified atom stereocenters. The molecule has 0 saturated carbocycles. The fraction of sp³-hybridized carbons (Fsp3) is 1.00. The highest BCUT2D eigenvalue weighted by Gasteiger charge is 2.20. The van der Waals surface area contributed by atoms with E-state index in [-0.39, 0.29) is 0 Å². The van der Waals surface area contributed by atoms with Gasteiger partial charge in [0.05, 0.1) is 0 Å². The van der Waals surface area contributed by atoms with Crippen molar-refractivity contribution in [1.82, 2.24) is 4.90 Å². The van der Waals surface area contributed by atoms with Gasteiger partial charge >= 0.3 is 0 Å². The van der Waals surface area contributed by atoms with Crippen LogP contribution in [0.15, 0.2) is 0 Å². The molecule has 0 amide bonds. The zero-order valence-electron chi connectivity index (χ0n) is 9.39. The van der Waals surface area contributed by atoms with Crippen molar-refractivity contribution >= 4 is 0 Å². The zero-order chi connectivity index (χ0) is 9.52. The minimum atomic E-state index is 0.925. The molecule has 0 aromatic carbocycles. The van der Waals surface area contributed by atoms with Gasteiger partial charge in [-0.2, -0.15) is 0 Å². The Hall–Kier alpha value is -0.0400.